The number of hydrogen-bond donors (Lipinski definition) is 1. The van der Waals surface area contributed by atoms with Gasteiger partial charge in [0.25, 0.3) is 0 Å². The molecule has 1 aromatic rings. The number of nitrogens with zero attached hydrogens (tertiary/aromatic N) is 1. The Morgan fingerprint density at radius 3 is 2.46 bits per heavy atom. The zero-order valence-electron chi connectivity index (χ0n) is 16.0. The van der Waals surface area contributed by atoms with Crippen molar-refractivity contribution < 1.29 is 9.53 Å². The fourth-order valence-electron chi connectivity index (χ4n) is 6.42. The number of ether oxygens (including phenoxy) is 1. The number of carbonyl (C=O) groups excluding carboxylic acids is 1. The van der Waals surface area contributed by atoms with Crippen molar-refractivity contribution in [3.05, 3.63) is 23.8 Å². The first kappa shape index (κ1) is 16.5. The van der Waals surface area contributed by atoms with E-state index in [9.17, 15) is 4.79 Å². The number of aryl methyl sites for hydroxylation is 1. The molecule has 26 heavy (non-hydrogen) atoms. The quantitative estimate of drug-likeness (QED) is 0.840. The van der Waals surface area contributed by atoms with Gasteiger partial charge in [0.05, 0.1) is 12.2 Å². The fraction of sp³-hybridized carbons (Fsp3) is 0.682. The normalized spacial score (nSPS) is 37.2. The van der Waals surface area contributed by atoms with Crippen LogP contribution in [0, 0.1) is 24.7 Å². The summed E-state index contributed by atoms with van der Waals surface area (Å²) in [6, 6.07) is 6.24. The van der Waals surface area contributed by atoms with E-state index in [0.717, 1.165) is 41.2 Å². The number of benzene rings is 1. The standard InChI is InChI=1S/C22H30N2O2/c1-3-18-13-24(19-6-14(2)4-5-20(19)26-18)21(25)23-22-10-15-7-16(11-22)9-17(8-15)12-22/h4-6,15-18H,3,7-13H2,1-2H3,(H,23,25)/t15?,16?,17?,18-,22?/m0/s1. The number of rotatable bonds is 2. The zero-order valence-corrected chi connectivity index (χ0v) is 16.0. The molecule has 4 nitrogen and oxygen atoms in total. The second-order valence-electron chi connectivity index (χ2n) is 9.36. The molecule has 5 aliphatic rings. The maximum absolute atomic E-state index is 13.4. The smallest absolute Gasteiger partial charge is 0.322 e. The molecule has 0 saturated heterocycles. The highest BCUT2D eigenvalue weighted by Crippen LogP contribution is 2.55. The maximum Gasteiger partial charge on any atom is 0.322 e. The molecule has 1 aromatic carbocycles. The highest BCUT2D eigenvalue weighted by atomic mass is 16.5. The third kappa shape index (κ3) is 2.69. The van der Waals surface area contributed by atoms with Crippen LogP contribution in [-0.2, 0) is 0 Å². The summed E-state index contributed by atoms with van der Waals surface area (Å²) in [5.74, 6) is 3.35. The Balaban J connectivity index is 1.41. The van der Waals surface area contributed by atoms with Crippen molar-refractivity contribution in [3.8, 4) is 5.75 Å². The van der Waals surface area contributed by atoms with Gasteiger partial charge in [-0.05, 0) is 87.3 Å². The molecule has 140 valence electrons. The van der Waals surface area contributed by atoms with Gasteiger partial charge in [-0.15, -0.1) is 0 Å². The van der Waals surface area contributed by atoms with Crippen LogP contribution < -0.4 is 15.0 Å². The van der Waals surface area contributed by atoms with Crippen molar-refractivity contribution >= 4 is 11.7 Å². The van der Waals surface area contributed by atoms with Gasteiger partial charge in [0.2, 0.25) is 0 Å². The molecule has 1 atom stereocenters. The van der Waals surface area contributed by atoms with E-state index in [-0.39, 0.29) is 17.7 Å². The number of urea groups is 1. The lowest BCUT2D eigenvalue weighted by Crippen LogP contribution is -2.62. The van der Waals surface area contributed by atoms with E-state index in [1.165, 1.54) is 38.5 Å². The predicted molar refractivity (Wildman–Crippen MR) is 103 cm³/mol. The van der Waals surface area contributed by atoms with Gasteiger partial charge in [0.15, 0.2) is 0 Å². The first-order valence-electron chi connectivity index (χ1n) is 10.4. The highest BCUT2D eigenvalue weighted by molar-refractivity contribution is 5.94. The van der Waals surface area contributed by atoms with Crippen LogP contribution in [0.3, 0.4) is 0 Å². The first-order chi connectivity index (χ1) is 12.5. The van der Waals surface area contributed by atoms with Crippen LogP contribution in [0.4, 0.5) is 10.5 Å². The minimum atomic E-state index is 0.0514. The molecular formula is C22H30N2O2. The lowest BCUT2D eigenvalue weighted by molar-refractivity contribution is -0.0132. The molecule has 1 N–H and O–H groups in total. The number of anilines is 1. The minimum Gasteiger partial charge on any atom is -0.486 e. The van der Waals surface area contributed by atoms with Crippen molar-refractivity contribution in [1.29, 1.82) is 0 Å². The van der Waals surface area contributed by atoms with Gasteiger partial charge < -0.3 is 10.1 Å². The second kappa shape index (κ2) is 5.90. The summed E-state index contributed by atoms with van der Waals surface area (Å²) in [6.45, 7) is 4.84. The Kier molecular flexibility index (Phi) is 3.74. The molecule has 6 rings (SSSR count). The van der Waals surface area contributed by atoms with Gasteiger partial charge in [0, 0.05) is 5.54 Å². The molecule has 4 heteroatoms. The highest BCUT2D eigenvalue weighted by Gasteiger charge is 2.52. The molecule has 0 unspecified atom stereocenters. The largest absolute Gasteiger partial charge is 0.486 e. The Morgan fingerprint density at radius 2 is 1.85 bits per heavy atom. The summed E-state index contributed by atoms with van der Waals surface area (Å²) in [5, 5.41) is 3.53. The molecule has 0 aromatic heterocycles. The van der Waals surface area contributed by atoms with Crippen LogP contribution in [0.1, 0.15) is 57.4 Å². The van der Waals surface area contributed by atoms with Gasteiger partial charge in [-0.1, -0.05) is 13.0 Å². The zero-order chi connectivity index (χ0) is 17.9. The summed E-state index contributed by atoms with van der Waals surface area (Å²) in [4.78, 5) is 15.3. The number of hydrogen-bond acceptors (Lipinski definition) is 2. The van der Waals surface area contributed by atoms with Crippen LogP contribution in [0.5, 0.6) is 5.75 Å². The van der Waals surface area contributed by atoms with Crippen LogP contribution in [0.25, 0.3) is 0 Å². The van der Waals surface area contributed by atoms with Gasteiger partial charge in [-0.2, -0.15) is 0 Å². The average Bonchev–Trinajstić information content (AvgIpc) is 2.59. The number of nitrogens with one attached hydrogen (secondary N) is 1. The minimum absolute atomic E-state index is 0.0514. The van der Waals surface area contributed by atoms with Crippen LogP contribution in [0.15, 0.2) is 18.2 Å². The summed E-state index contributed by atoms with van der Waals surface area (Å²) in [7, 11) is 0. The van der Waals surface area contributed by atoms with Crippen LogP contribution >= 0.6 is 0 Å². The summed E-state index contributed by atoms with van der Waals surface area (Å²) in [6.07, 6.45) is 8.74. The van der Waals surface area contributed by atoms with E-state index in [2.05, 4.69) is 31.3 Å². The van der Waals surface area contributed by atoms with Crippen LogP contribution in [-0.4, -0.2) is 24.2 Å². The first-order valence-corrected chi connectivity index (χ1v) is 10.4. The number of amides is 2. The Labute approximate surface area is 156 Å². The number of fused-ring (bicyclic) bond motifs is 1. The van der Waals surface area contributed by atoms with E-state index in [4.69, 9.17) is 4.74 Å². The van der Waals surface area contributed by atoms with Crippen LogP contribution in [0.2, 0.25) is 0 Å². The van der Waals surface area contributed by atoms with Gasteiger partial charge in [-0.3, -0.25) is 4.90 Å². The van der Waals surface area contributed by atoms with Gasteiger partial charge in [-0.25, -0.2) is 4.79 Å². The molecule has 4 fully saturated rings. The fourth-order valence-corrected chi connectivity index (χ4v) is 6.42. The molecule has 0 spiro atoms. The topological polar surface area (TPSA) is 41.6 Å². The number of carbonyl (C=O) groups is 1. The SMILES string of the molecule is CC[C@H]1CN(C(=O)NC23CC4CC(CC(C4)C2)C3)c2cc(C)ccc2O1. The summed E-state index contributed by atoms with van der Waals surface area (Å²) in [5.41, 5.74) is 2.14. The summed E-state index contributed by atoms with van der Waals surface area (Å²) >= 11 is 0. The van der Waals surface area contributed by atoms with Crippen molar-refractivity contribution in [2.24, 2.45) is 17.8 Å². The molecule has 4 aliphatic carbocycles. The maximum atomic E-state index is 13.4. The Bertz CT molecular complexity index is 694. The van der Waals surface area contributed by atoms with E-state index < -0.39 is 0 Å². The van der Waals surface area contributed by atoms with Gasteiger partial charge in [0.1, 0.15) is 11.9 Å². The molecule has 4 bridgehead atoms. The van der Waals surface area contributed by atoms with Crippen molar-refractivity contribution in [1.82, 2.24) is 5.32 Å². The van der Waals surface area contributed by atoms with Gasteiger partial charge >= 0.3 is 6.03 Å². The third-order valence-corrected chi connectivity index (χ3v) is 7.20. The average molecular weight is 354 g/mol. The molecule has 1 aliphatic heterocycles. The third-order valence-electron chi connectivity index (χ3n) is 7.20. The molecular weight excluding hydrogens is 324 g/mol. The summed E-state index contributed by atoms with van der Waals surface area (Å²) < 4.78 is 6.09. The van der Waals surface area contributed by atoms with Crippen molar-refractivity contribution in [2.45, 2.75) is 70.4 Å². The monoisotopic (exact) mass is 354 g/mol. The lowest BCUT2D eigenvalue weighted by atomic mass is 9.53. The predicted octanol–water partition coefficient (Wildman–Crippen LogP) is 4.65. The van der Waals surface area contributed by atoms with E-state index in [1.54, 1.807) is 0 Å². The van der Waals surface area contributed by atoms with Crippen molar-refractivity contribution in [2.75, 3.05) is 11.4 Å². The Morgan fingerprint density at radius 1 is 1.19 bits per heavy atom. The molecule has 2 amide bonds. The van der Waals surface area contributed by atoms with E-state index >= 15 is 0 Å². The molecule has 4 saturated carbocycles. The lowest BCUT2D eigenvalue weighted by Gasteiger charge is -2.57. The second-order valence-corrected chi connectivity index (χ2v) is 9.36. The van der Waals surface area contributed by atoms with E-state index in [0.29, 0.717) is 6.54 Å². The molecule has 0 radical (unpaired) electrons. The molecule has 1 heterocycles. The Hall–Kier alpha value is -1.71. The van der Waals surface area contributed by atoms with Crippen molar-refractivity contribution in [3.63, 3.8) is 0 Å². The van der Waals surface area contributed by atoms with E-state index in [1.807, 2.05) is 11.0 Å².